The van der Waals surface area contributed by atoms with Crippen LogP contribution in [0.4, 0.5) is 5.69 Å². The van der Waals surface area contributed by atoms with Crippen molar-refractivity contribution in [1.29, 1.82) is 0 Å². The van der Waals surface area contributed by atoms with Gasteiger partial charge in [0.2, 0.25) is 0 Å². The van der Waals surface area contributed by atoms with E-state index in [4.69, 9.17) is 9.47 Å². The Labute approximate surface area is 140 Å². The summed E-state index contributed by atoms with van der Waals surface area (Å²) in [7, 11) is 1.56. The van der Waals surface area contributed by atoms with E-state index < -0.39 is 5.97 Å². The van der Waals surface area contributed by atoms with Crippen molar-refractivity contribution in [3.05, 3.63) is 59.7 Å². The predicted octanol–water partition coefficient (Wildman–Crippen LogP) is 2.83. The summed E-state index contributed by atoms with van der Waals surface area (Å²) in [5.74, 6) is -0.0782. The molecule has 2 aromatic carbocycles. The largest absolute Gasteiger partial charge is 0.497 e. The third kappa shape index (κ3) is 3.11. The number of nitrogens with zero attached hydrogens (tertiary/aromatic N) is 1. The number of carbonyl (C=O) groups is 2. The number of para-hydroxylation sites is 1. The summed E-state index contributed by atoms with van der Waals surface area (Å²) >= 11 is 0. The van der Waals surface area contributed by atoms with Gasteiger partial charge < -0.3 is 14.4 Å². The molecule has 0 fully saturated rings. The summed E-state index contributed by atoms with van der Waals surface area (Å²) in [5, 5.41) is 0. The Hall–Kier alpha value is -2.82. The average molecular weight is 325 g/mol. The molecule has 0 spiro atoms. The summed E-state index contributed by atoms with van der Waals surface area (Å²) in [5.41, 5.74) is 2.42. The molecule has 1 atom stereocenters. The maximum Gasteiger partial charge on any atom is 0.338 e. The lowest BCUT2D eigenvalue weighted by molar-refractivity contribution is -0.122. The lowest BCUT2D eigenvalue weighted by Gasteiger charge is -2.22. The van der Waals surface area contributed by atoms with E-state index in [1.54, 1.807) is 36.3 Å². The SMILES string of the molecule is COc1ccc(C(=O)OCC(=O)N2c3ccccc3CC2C)cc1. The van der Waals surface area contributed by atoms with Crippen LogP contribution < -0.4 is 9.64 Å². The van der Waals surface area contributed by atoms with Crippen LogP contribution in [0.1, 0.15) is 22.8 Å². The van der Waals surface area contributed by atoms with E-state index in [1.807, 2.05) is 31.2 Å². The maximum atomic E-state index is 12.5. The van der Waals surface area contributed by atoms with Crippen LogP contribution in [0.5, 0.6) is 5.75 Å². The highest BCUT2D eigenvalue weighted by molar-refractivity contribution is 5.99. The van der Waals surface area contributed by atoms with Gasteiger partial charge in [-0.05, 0) is 49.2 Å². The zero-order valence-corrected chi connectivity index (χ0v) is 13.7. The first-order valence-corrected chi connectivity index (χ1v) is 7.81. The van der Waals surface area contributed by atoms with E-state index >= 15 is 0 Å². The van der Waals surface area contributed by atoms with E-state index in [2.05, 4.69) is 0 Å². The minimum atomic E-state index is -0.522. The van der Waals surface area contributed by atoms with Crippen molar-refractivity contribution >= 4 is 17.6 Å². The third-order valence-corrected chi connectivity index (χ3v) is 4.13. The van der Waals surface area contributed by atoms with Crippen molar-refractivity contribution in [2.24, 2.45) is 0 Å². The number of carbonyl (C=O) groups excluding carboxylic acids is 2. The van der Waals surface area contributed by atoms with Gasteiger partial charge >= 0.3 is 5.97 Å². The van der Waals surface area contributed by atoms with Crippen molar-refractivity contribution in [3.8, 4) is 5.75 Å². The lowest BCUT2D eigenvalue weighted by Crippen LogP contribution is -2.38. The molecule has 0 aromatic heterocycles. The van der Waals surface area contributed by atoms with Crippen LogP contribution in [0.25, 0.3) is 0 Å². The molecule has 1 amide bonds. The van der Waals surface area contributed by atoms with Crippen LogP contribution in [-0.2, 0) is 16.0 Å². The molecule has 0 saturated heterocycles. The number of rotatable bonds is 4. The number of methoxy groups -OCH3 is 1. The highest BCUT2D eigenvalue weighted by Crippen LogP contribution is 2.31. The third-order valence-electron chi connectivity index (χ3n) is 4.13. The summed E-state index contributed by atoms with van der Waals surface area (Å²) in [4.78, 5) is 26.2. The van der Waals surface area contributed by atoms with Gasteiger partial charge in [0, 0.05) is 11.7 Å². The van der Waals surface area contributed by atoms with Gasteiger partial charge in [-0.25, -0.2) is 4.79 Å². The minimum Gasteiger partial charge on any atom is -0.497 e. The molecule has 5 heteroatoms. The highest BCUT2D eigenvalue weighted by atomic mass is 16.5. The quantitative estimate of drug-likeness (QED) is 0.811. The van der Waals surface area contributed by atoms with Gasteiger partial charge in [0.05, 0.1) is 12.7 Å². The first kappa shape index (κ1) is 16.1. The van der Waals surface area contributed by atoms with Gasteiger partial charge in [-0.1, -0.05) is 18.2 Å². The van der Waals surface area contributed by atoms with Crippen molar-refractivity contribution in [2.75, 3.05) is 18.6 Å². The zero-order valence-electron chi connectivity index (χ0n) is 13.7. The first-order valence-electron chi connectivity index (χ1n) is 7.81. The Bertz CT molecular complexity index is 754. The van der Waals surface area contributed by atoms with E-state index in [-0.39, 0.29) is 18.6 Å². The van der Waals surface area contributed by atoms with Crippen LogP contribution >= 0.6 is 0 Å². The second-order valence-corrected chi connectivity index (χ2v) is 5.75. The molecular formula is C19H19NO4. The molecule has 0 N–H and O–H groups in total. The molecule has 0 bridgehead atoms. The number of hydrogen-bond acceptors (Lipinski definition) is 4. The summed E-state index contributed by atoms with van der Waals surface area (Å²) in [6, 6.07) is 14.4. The van der Waals surface area contributed by atoms with Gasteiger partial charge in [-0.3, -0.25) is 4.79 Å². The van der Waals surface area contributed by atoms with Crippen molar-refractivity contribution in [3.63, 3.8) is 0 Å². The van der Waals surface area contributed by atoms with E-state index in [0.717, 1.165) is 17.7 Å². The van der Waals surface area contributed by atoms with Crippen LogP contribution in [0.15, 0.2) is 48.5 Å². The Balaban J connectivity index is 1.64. The van der Waals surface area contributed by atoms with Crippen LogP contribution in [0.2, 0.25) is 0 Å². The number of hydrogen-bond donors (Lipinski definition) is 0. The molecule has 2 aromatic rings. The van der Waals surface area contributed by atoms with E-state index in [9.17, 15) is 9.59 Å². The fourth-order valence-electron chi connectivity index (χ4n) is 2.95. The average Bonchev–Trinajstić information content (AvgIpc) is 2.95. The first-order chi connectivity index (χ1) is 11.6. The van der Waals surface area contributed by atoms with Crippen LogP contribution in [-0.4, -0.2) is 31.6 Å². The molecule has 0 radical (unpaired) electrons. The lowest BCUT2D eigenvalue weighted by atomic mass is 10.1. The van der Waals surface area contributed by atoms with E-state index in [1.165, 1.54) is 0 Å². The van der Waals surface area contributed by atoms with Gasteiger partial charge in [0.25, 0.3) is 5.91 Å². The Morgan fingerprint density at radius 2 is 1.83 bits per heavy atom. The van der Waals surface area contributed by atoms with Crippen molar-refractivity contribution < 1.29 is 19.1 Å². The molecule has 124 valence electrons. The number of fused-ring (bicyclic) bond motifs is 1. The molecule has 1 unspecified atom stereocenters. The molecule has 1 aliphatic heterocycles. The number of amides is 1. The fourth-order valence-corrected chi connectivity index (χ4v) is 2.95. The summed E-state index contributed by atoms with van der Waals surface area (Å²) in [6.07, 6.45) is 0.814. The number of esters is 1. The van der Waals surface area contributed by atoms with Crippen LogP contribution in [0, 0.1) is 0 Å². The number of ether oxygens (including phenoxy) is 2. The molecule has 24 heavy (non-hydrogen) atoms. The Morgan fingerprint density at radius 1 is 1.12 bits per heavy atom. The van der Waals surface area contributed by atoms with Gasteiger partial charge in [-0.15, -0.1) is 0 Å². The molecule has 1 heterocycles. The maximum absolute atomic E-state index is 12.5. The normalized spacial score (nSPS) is 15.8. The topological polar surface area (TPSA) is 55.8 Å². The zero-order chi connectivity index (χ0) is 17.1. The molecule has 5 nitrogen and oxygen atoms in total. The van der Waals surface area contributed by atoms with Gasteiger partial charge in [0.15, 0.2) is 6.61 Å². The van der Waals surface area contributed by atoms with Crippen molar-refractivity contribution in [2.45, 2.75) is 19.4 Å². The molecule has 0 saturated carbocycles. The number of anilines is 1. The Morgan fingerprint density at radius 3 is 2.54 bits per heavy atom. The molecular weight excluding hydrogens is 306 g/mol. The monoisotopic (exact) mass is 325 g/mol. The second-order valence-electron chi connectivity index (χ2n) is 5.75. The Kier molecular flexibility index (Phi) is 4.51. The minimum absolute atomic E-state index is 0.0644. The van der Waals surface area contributed by atoms with E-state index in [0.29, 0.717) is 11.3 Å². The summed E-state index contributed by atoms with van der Waals surface area (Å²) < 4.78 is 10.2. The fraction of sp³-hybridized carbons (Fsp3) is 0.263. The van der Waals surface area contributed by atoms with Gasteiger partial charge in [-0.2, -0.15) is 0 Å². The standard InChI is InChI=1S/C19H19NO4/c1-13-11-15-5-3-4-6-17(15)20(13)18(21)12-24-19(22)14-7-9-16(23-2)10-8-14/h3-10,13H,11-12H2,1-2H3. The van der Waals surface area contributed by atoms with Crippen molar-refractivity contribution in [1.82, 2.24) is 0 Å². The second kappa shape index (κ2) is 6.74. The molecule has 1 aliphatic rings. The molecule has 0 aliphatic carbocycles. The predicted molar refractivity (Wildman–Crippen MR) is 90.4 cm³/mol. The highest BCUT2D eigenvalue weighted by Gasteiger charge is 2.30. The smallest absolute Gasteiger partial charge is 0.338 e. The number of benzene rings is 2. The summed E-state index contributed by atoms with van der Waals surface area (Å²) in [6.45, 7) is 1.72. The van der Waals surface area contributed by atoms with Gasteiger partial charge in [0.1, 0.15) is 5.75 Å². The van der Waals surface area contributed by atoms with Crippen LogP contribution in [0.3, 0.4) is 0 Å². The molecule has 3 rings (SSSR count).